The number of aliphatic imine (C=N–C) groups is 1. The van der Waals surface area contributed by atoms with Gasteiger partial charge in [-0.15, -0.1) is 0 Å². The molecule has 2 rings (SSSR count). The van der Waals surface area contributed by atoms with Gasteiger partial charge in [-0.3, -0.25) is 9.98 Å². The zero-order chi connectivity index (χ0) is 14.4. The summed E-state index contributed by atoms with van der Waals surface area (Å²) in [6.45, 7) is 0.522. The van der Waals surface area contributed by atoms with Gasteiger partial charge in [-0.1, -0.05) is 12.1 Å². The molecule has 102 valence electrons. The minimum atomic E-state index is -1.16. The molecule has 0 aliphatic heterocycles. The van der Waals surface area contributed by atoms with Crippen molar-refractivity contribution in [3.05, 3.63) is 59.4 Å². The second-order valence-corrected chi connectivity index (χ2v) is 4.15. The van der Waals surface area contributed by atoms with Crippen molar-refractivity contribution in [1.82, 2.24) is 4.98 Å². The average Bonchev–Trinajstić information content (AvgIpc) is 2.46. The molecule has 0 saturated heterocycles. The van der Waals surface area contributed by atoms with E-state index in [1.165, 1.54) is 12.3 Å². The summed E-state index contributed by atoms with van der Waals surface area (Å²) in [5, 5.41) is 18.7. The van der Waals surface area contributed by atoms with Crippen molar-refractivity contribution in [2.24, 2.45) is 4.99 Å². The number of carboxylic acid groups (broad SMARTS) is 1. The molecule has 0 aliphatic carbocycles. The third-order valence-corrected chi connectivity index (χ3v) is 2.75. The number of hydrogen-bond acceptors (Lipinski definition) is 4. The molecule has 0 bridgehead atoms. The Morgan fingerprint density at radius 1 is 1.25 bits per heavy atom. The fourth-order valence-corrected chi connectivity index (χ4v) is 1.73. The lowest BCUT2D eigenvalue weighted by Crippen LogP contribution is -1.99. The van der Waals surface area contributed by atoms with Gasteiger partial charge in [-0.2, -0.15) is 0 Å². The van der Waals surface area contributed by atoms with Gasteiger partial charge in [-0.25, -0.2) is 4.79 Å². The van der Waals surface area contributed by atoms with E-state index >= 15 is 0 Å². The lowest BCUT2D eigenvalue weighted by molar-refractivity contribution is 0.0693. The van der Waals surface area contributed by atoms with Crippen molar-refractivity contribution in [2.45, 2.75) is 6.42 Å². The van der Waals surface area contributed by atoms with Gasteiger partial charge >= 0.3 is 5.97 Å². The quantitative estimate of drug-likeness (QED) is 0.815. The molecule has 1 aromatic carbocycles. The highest BCUT2D eigenvalue weighted by atomic mass is 16.4. The third kappa shape index (κ3) is 3.41. The number of rotatable bonds is 5. The van der Waals surface area contributed by atoms with Gasteiger partial charge in [-0.05, 0) is 24.3 Å². The number of pyridine rings is 1. The molecule has 0 spiro atoms. The molecule has 0 fully saturated rings. The van der Waals surface area contributed by atoms with Gasteiger partial charge in [0.1, 0.15) is 11.3 Å². The van der Waals surface area contributed by atoms with Crippen LogP contribution >= 0.6 is 0 Å². The van der Waals surface area contributed by atoms with Gasteiger partial charge in [0.05, 0.1) is 0 Å². The first-order valence-electron chi connectivity index (χ1n) is 6.13. The first-order valence-corrected chi connectivity index (χ1v) is 6.13. The van der Waals surface area contributed by atoms with Crippen LogP contribution in [0.1, 0.15) is 21.6 Å². The predicted molar refractivity (Wildman–Crippen MR) is 75.5 cm³/mol. The maximum Gasteiger partial charge on any atom is 0.339 e. The summed E-state index contributed by atoms with van der Waals surface area (Å²) in [5.41, 5.74) is 1.21. The SMILES string of the molecule is O=C(O)c1cccc(C=NCCc2ccccn2)c1O. The first-order chi connectivity index (χ1) is 9.68. The van der Waals surface area contributed by atoms with Crippen LogP contribution in [0.5, 0.6) is 5.75 Å². The van der Waals surface area contributed by atoms with E-state index in [4.69, 9.17) is 5.11 Å². The van der Waals surface area contributed by atoms with Gasteiger partial charge in [0.15, 0.2) is 0 Å². The molecular formula is C15H14N2O3. The van der Waals surface area contributed by atoms with E-state index in [1.54, 1.807) is 18.3 Å². The second-order valence-electron chi connectivity index (χ2n) is 4.15. The summed E-state index contributed by atoms with van der Waals surface area (Å²) < 4.78 is 0. The number of aromatic nitrogens is 1. The van der Waals surface area contributed by atoms with E-state index in [9.17, 15) is 9.90 Å². The van der Waals surface area contributed by atoms with Crippen LogP contribution < -0.4 is 0 Å². The molecule has 0 saturated carbocycles. The minimum Gasteiger partial charge on any atom is -0.506 e. The molecule has 0 atom stereocenters. The number of aromatic carboxylic acids is 1. The number of phenols is 1. The maximum atomic E-state index is 10.9. The van der Waals surface area contributed by atoms with Crippen LogP contribution in [0.2, 0.25) is 0 Å². The van der Waals surface area contributed by atoms with E-state index < -0.39 is 5.97 Å². The Hall–Kier alpha value is -2.69. The molecule has 0 aliphatic rings. The topological polar surface area (TPSA) is 82.8 Å². The molecule has 0 unspecified atom stereocenters. The van der Waals surface area contributed by atoms with Gasteiger partial charge < -0.3 is 10.2 Å². The number of para-hydroxylation sites is 1. The number of nitrogens with zero attached hydrogens (tertiary/aromatic N) is 2. The van der Waals surface area contributed by atoms with E-state index in [1.807, 2.05) is 18.2 Å². The molecule has 5 nitrogen and oxygen atoms in total. The zero-order valence-corrected chi connectivity index (χ0v) is 10.7. The summed E-state index contributed by atoms with van der Waals surface area (Å²) in [5.74, 6) is -1.42. The van der Waals surface area contributed by atoms with Crippen LogP contribution in [0.4, 0.5) is 0 Å². The normalized spacial score (nSPS) is 10.8. The number of aromatic hydroxyl groups is 1. The fourth-order valence-electron chi connectivity index (χ4n) is 1.73. The smallest absolute Gasteiger partial charge is 0.339 e. The highest BCUT2D eigenvalue weighted by molar-refractivity contribution is 5.95. The Labute approximate surface area is 116 Å². The van der Waals surface area contributed by atoms with E-state index in [-0.39, 0.29) is 11.3 Å². The Morgan fingerprint density at radius 2 is 2.10 bits per heavy atom. The lowest BCUT2D eigenvalue weighted by atomic mass is 10.1. The Morgan fingerprint density at radius 3 is 2.80 bits per heavy atom. The van der Waals surface area contributed by atoms with Crippen molar-refractivity contribution in [2.75, 3.05) is 6.54 Å². The number of carboxylic acids is 1. The summed E-state index contributed by atoms with van der Waals surface area (Å²) in [4.78, 5) is 19.2. The molecule has 2 N–H and O–H groups in total. The van der Waals surface area contributed by atoms with Crippen LogP contribution in [0, 0.1) is 0 Å². The summed E-state index contributed by atoms with van der Waals surface area (Å²) >= 11 is 0. The number of carbonyl (C=O) groups is 1. The molecule has 20 heavy (non-hydrogen) atoms. The molecule has 1 heterocycles. The standard InChI is InChI=1S/C15H14N2O3/c18-14-11(4-3-6-13(14)15(19)20)10-16-9-7-12-5-1-2-8-17-12/h1-6,8,10,18H,7,9H2,(H,19,20). The highest BCUT2D eigenvalue weighted by Crippen LogP contribution is 2.20. The lowest BCUT2D eigenvalue weighted by Gasteiger charge is -2.02. The van der Waals surface area contributed by atoms with Crippen LogP contribution in [0.15, 0.2) is 47.6 Å². The molecule has 0 amide bonds. The van der Waals surface area contributed by atoms with Crippen LogP contribution in [0.3, 0.4) is 0 Å². The maximum absolute atomic E-state index is 10.9. The molecule has 5 heteroatoms. The largest absolute Gasteiger partial charge is 0.506 e. The Bertz CT molecular complexity index is 624. The fraction of sp³-hybridized carbons (Fsp3) is 0.133. The van der Waals surface area contributed by atoms with Crippen LogP contribution in [0.25, 0.3) is 0 Å². The van der Waals surface area contributed by atoms with Crippen LogP contribution in [-0.4, -0.2) is 33.9 Å². The molecule has 0 radical (unpaired) electrons. The Balaban J connectivity index is 2.01. The van der Waals surface area contributed by atoms with E-state index in [2.05, 4.69) is 9.98 Å². The van der Waals surface area contributed by atoms with E-state index in [0.717, 1.165) is 5.69 Å². The highest BCUT2D eigenvalue weighted by Gasteiger charge is 2.11. The van der Waals surface area contributed by atoms with E-state index in [0.29, 0.717) is 18.5 Å². The molecule has 1 aromatic heterocycles. The third-order valence-electron chi connectivity index (χ3n) is 2.75. The van der Waals surface area contributed by atoms with Crippen LogP contribution in [-0.2, 0) is 6.42 Å². The summed E-state index contributed by atoms with van der Waals surface area (Å²) in [6, 6.07) is 10.2. The van der Waals surface area contributed by atoms with Crippen molar-refractivity contribution >= 4 is 12.2 Å². The second kappa shape index (κ2) is 6.47. The van der Waals surface area contributed by atoms with Gasteiger partial charge in [0.25, 0.3) is 0 Å². The summed E-state index contributed by atoms with van der Waals surface area (Å²) in [7, 11) is 0. The zero-order valence-electron chi connectivity index (χ0n) is 10.7. The average molecular weight is 270 g/mol. The van der Waals surface area contributed by atoms with Crippen molar-refractivity contribution in [3.8, 4) is 5.75 Å². The predicted octanol–water partition coefficient (Wildman–Crippen LogP) is 2.15. The Kier molecular flexibility index (Phi) is 4.44. The summed E-state index contributed by atoms with van der Waals surface area (Å²) in [6.07, 6.45) is 3.89. The van der Waals surface area contributed by atoms with Gasteiger partial charge in [0, 0.05) is 36.6 Å². The molecule has 2 aromatic rings. The van der Waals surface area contributed by atoms with Crippen molar-refractivity contribution in [3.63, 3.8) is 0 Å². The van der Waals surface area contributed by atoms with Crippen molar-refractivity contribution < 1.29 is 15.0 Å². The first kappa shape index (κ1) is 13.7. The molecular weight excluding hydrogens is 256 g/mol. The van der Waals surface area contributed by atoms with Crippen molar-refractivity contribution in [1.29, 1.82) is 0 Å². The number of hydrogen-bond donors (Lipinski definition) is 2. The van der Waals surface area contributed by atoms with Gasteiger partial charge in [0.2, 0.25) is 0 Å². The monoisotopic (exact) mass is 270 g/mol. The minimum absolute atomic E-state index is 0.126. The number of benzene rings is 1.